The largest absolute Gasteiger partial charge is 0.455 e. The van der Waals surface area contributed by atoms with Gasteiger partial charge in [-0.05, 0) is 41.5 Å². The van der Waals surface area contributed by atoms with Gasteiger partial charge in [-0.25, -0.2) is 15.0 Å². The Labute approximate surface area is 322 Å². The minimum atomic E-state index is 0.563. The molecular weight excluding hydrogens is 685 g/mol. The molecule has 5 nitrogen and oxygen atoms in total. The first-order valence-corrected chi connectivity index (χ1v) is 18.8. The lowest BCUT2D eigenvalue weighted by atomic mass is 9.96. The van der Waals surface area contributed by atoms with Crippen molar-refractivity contribution >= 4 is 43.7 Å². The van der Waals surface area contributed by atoms with Crippen molar-refractivity contribution in [1.82, 2.24) is 19.5 Å². The lowest BCUT2D eigenvalue weighted by Crippen LogP contribution is -2.00. The van der Waals surface area contributed by atoms with Gasteiger partial charge in [-0.3, -0.25) is 0 Å². The van der Waals surface area contributed by atoms with Gasteiger partial charge in [0, 0.05) is 49.5 Å². The predicted molar refractivity (Wildman–Crippen MR) is 229 cm³/mol. The van der Waals surface area contributed by atoms with E-state index in [1.54, 1.807) is 0 Å². The van der Waals surface area contributed by atoms with Crippen molar-refractivity contribution in [3.05, 3.63) is 194 Å². The molecule has 0 aliphatic rings. The molecule has 56 heavy (non-hydrogen) atoms. The van der Waals surface area contributed by atoms with Crippen molar-refractivity contribution in [2.24, 2.45) is 0 Å². The van der Waals surface area contributed by atoms with Crippen molar-refractivity contribution in [1.29, 1.82) is 0 Å². The zero-order valence-corrected chi connectivity index (χ0v) is 30.2. The van der Waals surface area contributed by atoms with E-state index in [-0.39, 0.29) is 0 Å². The number of furan rings is 1. The van der Waals surface area contributed by atoms with E-state index in [0.29, 0.717) is 17.5 Å². The van der Waals surface area contributed by atoms with E-state index in [1.807, 2.05) is 66.7 Å². The standard InChI is InChI=1S/C51H32N4O/c1-4-16-33(17-5-1)49-52-50(34-18-6-2-7-19-34)54-51(53-49)44-30-15-29-43-42-28-14-26-39(47(42)56-48(43)44)36-21-12-20-35(32-36)38-25-13-27-41-40-24-10-11-31-45(40)55(46(38)41)37-22-8-3-9-23-37/h1-32H. The molecule has 0 saturated heterocycles. The molecule has 0 N–H and O–H groups in total. The summed E-state index contributed by atoms with van der Waals surface area (Å²) in [5.74, 6) is 1.79. The number of hydrogen-bond donors (Lipinski definition) is 0. The smallest absolute Gasteiger partial charge is 0.167 e. The van der Waals surface area contributed by atoms with Crippen LogP contribution in [-0.4, -0.2) is 19.5 Å². The maximum absolute atomic E-state index is 6.94. The maximum atomic E-state index is 6.94. The Kier molecular flexibility index (Phi) is 7.42. The molecule has 3 aromatic heterocycles. The fourth-order valence-corrected chi connectivity index (χ4v) is 8.10. The molecule has 3 heterocycles. The first kappa shape index (κ1) is 31.9. The van der Waals surface area contributed by atoms with E-state index in [2.05, 4.69) is 132 Å². The summed E-state index contributed by atoms with van der Waals surface area (Å²) in [6, 6.07) is 67.4. The lowest BCUT2D eigenvalue weighted by Gasteiger charge is -2.12. The molecule has 0 spiro atoms. The second-order valence-corrected chi connectivity index (χ2v) is 14.0. The molecule has 0 fully saturated rings. The van der Waals surface area contributed by atoms with Crippen LogP contribution in [0.3, 0.4) is 0 Å². The molecule has 5 heteroatoms. The van der Waals surface area contributed by atoms with E-state index in [1.165, 1.54) is 27.4 Å². The molecule has 0 saturated carbocycles. The molecule has 0 amide bonds. The van der Waals surface area contributed by atoms with E-state index < -0.39 is 0 Å². The molecule has 0 unspecified atom stereocenters. The SMILES string of the molecule is c1ccc(-c2nc(-c3ccccc3)nc(-c3cccc4c3oc3c(-c5cccc(-c6cccc7c8ccccc8n(-c8ccccc8)c67)c5)cccc34)n2)cc1. The van der Waals surface area contributed by atoms with Crippen LogP contribution in [0.25, 0.3) is 106 Å². The van der Waals surface area contributed by atoms with Crippen LogP contribution in [0.1, 0.15) is 0 Å². The Morgan fingerprint density at radius 3 is 1.48 bits per heavy atom. The monoisotopic (exact) mass is 716 g/mol. The highest BCUT2D eigenvalue weighted by molar-refractivity contribution is 6.15. The first-order chi connectivity index (χ1) is 27.8. The third kappa shape index (κ3) is 5.21. The number of aromatic nitrogens is 4. The Bertz CT molecular complexity index is 3180. The average molecular weight is 717 g/mol. The minimum absolute atomic E-state index is 0.563. The van der Waals surface area contributed by atoms with Crippen LogP contribution in [-0.2, 0) is 0 Å². The first-order valence-electron chi connectivity index (χ1n) is 18.8. The summed E-state index contributed by atoms with van der Waals surface area (Å²) in [5, 5.41) is 4.51. The van der Waals surface area contributed by atoms with Crippen LogP contribution in [0.15, 0.2) is 199 Å². The summed E-state index contributed by atoms with van der Waals surface area (Å²) in [7, 11) is 0. The quantitative estimate of drug-likeness (QED) is 0.172. The fraction of sp³-hybridized carbons (Fsp3) is 0. The summed E-state index contributed by atoms with van der Waals surface area (Å²) in [5.41, 5.74) is 12.1. The van der Waals surface area contributed by atoms with Crippen molar-refractivity contribution < 1.29 is 4.42 Å². The third-order valence-electron chi connectivity index (χ3n) is 10.7. The molecular formula is C51H32N4O. The van der Waals surface area contributed by atoms with Gasteiger partial charge in [0.15, 0.2) is 17.5 Å². The van der Waals surface area contributed by atoms with Gasteiger partial charge < -0.3 is 8.98 Å². The zero-order valence-electron chi connectivity index (χ0n) is 30.2. The van der Waals surface area contributed by atoms with Crippen LogP contribution < -0.4 is 0 Å². The summed E-state index contributed by atoms with van der Waals surface area (Å²) in [6.07, 6.45) is 0. The highest BCUT2D eigenvalue weighted by Crippen LogP contribution is 2.42. The summed E-state index contributed by atoms with van der Waals surface area (Å²) in [6.45, 7) is 0. The number of fused-ring (bicyclic) bond motifs is 6. The van der Waals surface area contributed by atoms with Gasteiger partial charge in [-0.1, -0.05) is 164 Å². The van der Waals surface area contributed by atoms with Gasteiger partial charge >= 0.3 is 0 Å². The average Bonchev–Trinajstić information content (AvgIpc) is 3.84. The van der Waals surface area contributed by atoms with Crippen molar-refractivity contribution in [3.63, 3.8) is 0 Å². The van der Waals surface area contributed by atoms with Crippen molar-refractivity contribution in [2.75, 3.05) is 0 Å². The molecule has 11 rings (SSSR count). The van der Waals surface area contributed by atoms with E-state index in [0.717, 1.165) is 61.0 Å². The predicted octanol–water partition coefficient (Wildman–Crippen LogP) is 13.2. The van der Waals surface area contributed by atoms with Crippen LogP contribution >= 0.6 is 0 Å². The Balaban J connectivity index is 1.09. The van der Waals surface area contributed by atoms with Crippen molar-refractivity contribution in [3.8, 4) is 62.1 Å². The number of hydrogen-bond acceptors (Lipinski definition) is 4. The van der Waals surface area contributed by atoms with E-state index >= 15 is 0 Å². The molecule has 0 aliphatic carbocycles. The highest BCUT2D eigenvalue weighted by atomic mass is 16.3. The fourth-order valence-electron chi connectivity index (χ4n) is 8.10. The number of rotatable bonds is 6. The second-order valence-electron chi connectivity index (χ2n) is 14.0. The zero-order chi connectivity index (χ0) is 37.0. The van der Waals surface area contributed by atoms with Crippen molar-refractivity contribution in [2.45, 2.75) is 0 Å². The van der Waals surface area contributed by atoms with Gasteiger partial charge in [0.05, 0.1) is 16.6 Å². The van der Waals surface area contributed by atoms with Gasteiger partial charge in [0.1, 0.15) is 11.2 Å². The molecule has 11 aromatic rings. The number of nitrogens with zero attached hydrogens (tertiary/aromatic N) is 4. The van der Waals surface area contributed by atoms with Crippen LogP contribution in [0.4, 0.5) is 0 Å². The number of benzene rings is 8. The molecule has 0 bridgehead atoms. The molecule has 8 aromatic carbocycles. The molecule has 0 aliphatic heterocycles. The number of para-hydroxylation sites is 5. The van der Waals surface area contributed by atoms with E-state index in [9.17, 15) is 0 Å². The summed E-state index contributed by atoms with van der Waals surface area (Å²) < 4.78 is 9.33. The Hall–Kier alpha value is -7.63. The summed E-state index contributed by atoms with van der Waals surface area (Å²) in [4.78, 5) is 15.0. The molecule has 0 atom stereocenters. The van der Waals surface area contributed by atoms with Crippen LogP contribution in [0.2, 0.25) is 0 Å². The van der Waals surface area contributed by atoms with Crippen LogP contribution in [0, 0.1) is 0 Å². The molecule has 262 valence electrons. The Morgan fingerprint density at radius 2 is 0.804 bits per heavy atom. The summed E-state index contributed by atoms with van der Waals surface area (Å²) >= 11 is 0. The topological polar surface area (TPSA) is 56.7 Å². The normalized spacial score (nSPS) is 11.6. The minimum Gasteiger partial charge on any atom is -0.455 e. The van der Waals surface area contributed by atoms with Gasteiger partial charge in [0.25, 0.3) is 0 Å². The van der Waals surface area contributed by atoms with Gasteiger partial charge in [0.2, 0.25) is 0 Å². The van der Waals surface area contributed by atoms with E-state index in [4.69, 9.17) is 19.4 Å². The maximum Gasteiger partial charge on any atom is 0.167 e. The van der Waals surface area contributed by atoms with Crippen LogP contribution in [0.5, 0.6) is 0 Å². The lowest BCUT2D eigenvalue weighted by molar-refractivity contribution is 0.670. The highest BCUT2D eigenvalue weighted by Gasteiger charge is 2.21. The second kappa shape index (κ2) is 13.0. The molecule has 0 radical (unpaired) electrons. The Morgan fingerprint density at radius 1 is 0.339 bits per heavy atom. The van der Waals surface area contributed by atoms with Gasteiger partial charge in [-0.15, -0.1) is 0 Å². The third-order valence-corrected chi connectivity index (χ3v) is 10.7. The van der Waals surface area contributed by atoms with Gasteiger partial charge in [-0.2, -0.15) is 0 Å².